The van der Waals surface area contributed by atoms with Gasteiger partial charge in [-0.2, -0.15) is 0 Å². The molecule has 0 aromatic heterocycles. The molecule has 2 atom stereocenters. The lowest BCUT2D eigenvalue weighted by atomic mass is 9.99. The first kappa shape index (κ1) is 14.4. The lowest BCUT2D eigenvalue weighted by Gasteiger charge is -2.30. The Kier molecular flexibility index (Phi) is 5.03. The summed E-state index contributed by atoms with van der Waals surface area (Å²) in [7, 11) is 0. The van der Waals surface area contributed by atoms with Crippen molar-refractivity contribution in [2.75, 3.05) is 32.7 Å². The summed E-state index contributed by atoms with van der Waals surface area (Å²) in [5, 5.41) is 4.29. The van der Waals surface area contributed by atoms with E-state index in [0.29, 0.717) is 0 Å². The van der Waals surface area contributed by atoms with Crippen molar-refractivity contribution in [2.45, 2.75) is 36.3 Å². The molecule has 0 aliphatic carbocycles. The summed E-state index contributed by atoms with van der Waals surface area (Å²) in [5.74, 6) is 0.859. The summed E-state index contributed by atoms with van der Waals surface area (Å²) in [6.45, 7) is 8.45. The number of nitrogens with zero attached hydrogens (tertiary/aromatic N) is 1. The summed E-state index contributed by atoms with van der Waals surface area (Å²) >= 11 is 2.08. The van der Waals surface area contributed by atoms with Gasteiger partial charge in [0.2, 0.25) is 0 Å². The van der Waals surface area contributed by atoms with Crippen LogP contribution in [0.1, 0.15) is 25.3 Å². The first-order valence-electron chi connectivity index (χ1n) is 8.02. The minimum atomic E-state index is 0.754. The molecule has 2 aliphatic rings. The Morgan fingerprint density at radius 2 is 2.20 bits per heavy atom. The Hall–Kier alpha value is -0.510. The van der Waals surface area contributed by atoms with Crippen LogP contribution in [0.2, 0.25) is 0 Å². The molecule has 0 amide bonds. The highest BCUT2D eigenvalue weighted by Crippen LogP contribution is 2.37. The van der Waals surface area contributed by atoms with Gasteiger partial charge >= 0.3 is 0 Å². The molecule has 2 aliphatic heterocycles. The number of benzene rings is 1. The standard InChI is InChI=1S/C17H26N2S/c1-2-19(12-14-6-5-9-18-11-14)13-16-10-15-7-3-4-8-17(15)20-16/h3-4,7-8,14,16,18H,2,5-6,9-13H2,1H3. The van der Waals surface area contributed by atoms with E-state index >= 15 is 0 Å². The predicted molar refractivity (Wildman–Crippen MR) is 87.5 cm³/mol. The number of thioether (sulfide) groups is 1. The Morgan fingerprint density at radius 1 is 1.30 bits per heavy atom. The van der Waals surface area contributed by atoms with Crippen LogP contribution in [0.4, 0.5) is 0 Å². The maximum Gasteiger partial charge on any atom is 0.0263 e. The molecule has 110 valence electrons. The normalized spacial score (nSPS) is 25.9. The van der Waals surface area contributed by atoms with Gasteiger partial charge in [-0.1, -0.05) is 25.1 Å². The van der Waals surface area contributed by atoms with Gasteiger partial charge in [0.1, 0.15) is 0 Å². The molecule has 3 rings (SSSR count). The number of rotatable bonds is 5. The molecule has 2 nitrogen and oxygen atoms in total. The van der Waals surface area contributed by atoms with Crippen molar-refractivity contribution < 1.29 is 0 Å². The average Bonchev–Trinajstić information content (AvgIpc) is 2.90. The van der Waals surface area contributed by atoms with Crippen molar-refractivity contribution in [3.8, 4) is 0 Å². The molecule has 2 heterocycles. The number of piperidine rings is 1. The van der Waals surface area contributed by atoms with Crippen LogP contribution in [0.5, 0.6) is 0 Å². The third-order valence-electron chi connectivity index (χ3n) is 4.54. The summed E-state index contributed by atoms with van der Waals surface area (Å²) in [6, 6.07) is 8.91. The topological polar surface area (TPSA) is 15.3 Å². The molecule has 20 heavy (non-hydrogen) atoms. The largest absolute Gasteiger partial charge is 0.316 e. The predicted octanol–water partition coefficient (Wildman–Crippen LogP) is 3.02. The van der Waals surface area contributed by atoms with Gasteiger partial charge in [0.25, 0.3) is 0 Å². The first-order valence-corrected chi connectivity index (χ1v) is 8.90. The third kappa shape index (κ3) is 3.57. The van der Waals surface area contributed by atoms with Crippen LogP contribution in [-0.4, -0.2) is 42.9 Å². The van der Waals surface area contributed by atoms with Crippen molar-refractivity contribution in [3.63, 3.8) is 0 Å². The molecular formula is C17H26N2S. The van der Waals surface area contributed by atoms with Crippen LogP contribution < -0.4 is 5.32 Å². The van der Waals surface area contributed by atoms with Gasteiger partial charge in [0.05, 0.1) is 0 Å². The van der Waals surface area contributed by atoms with E-state index in [-0.39, 0.29) is 0 Å². The number of hydrogen-bond acceptors (Lipinski definition) is 3. The fraction of sp³-hybridized carbons (Fsp3) is 0.647. The van der Waals surface area contributed by atoms with Gasteiger partial charge in [0.15, 0.2) is 0 Å². The molecule has 1 N–H and O–H groups in total. The Balaban J connectivity index is 1.51. The fourth-order valence-corrected chi connectivity index (χ4v) is 4.79. The molecule has 1 aromatic rings. The van der Waals surface area contributed by atoms with Crippen molar-refractivity contribution in [2.24, 2.45) is 5.92 Å². The van der Waals surface area contributed by atoms with Gasteiger partial charge in [-0.25, -0.2) is 0 Å². The second-order valence-corrected chi connectivity index (χ2v) is 7.46. The minimum Gasteiger partial charge on any atom is -0.316 e. The van der Waals surface area contributed by atoms with E-state index in [0.717, 1.165) is 11.2 Å². The zero-order valence-electron chi connectivity index (χ0n) is 12.5. The van der Waals surface area contributed by atoms with E-state index in [4.69, 9.17) is 0 Å². The molecular weight excluding hydrogens is 264 g/mol. The van der Waals surface area contributed by atoms with Gasteiger partial charge in [-0.05, 0) is 56.4 Å². The molecule has 0 spiro atoms. The summed E-state index contributed by atoms with van der Waals surface area (Å²) < 4.78 is 0. The van der Waals surface area contributed by atoms with Gasteiger partial charge in [-0.3, -0.25) is 0 Å². The molecule has 0 radical (unpaired) electrons. The van der Waals surface area contributed by atoms with Crippen molar-refractivity contribution in [3.05, 3.63) is 29.8 Å². The molecule has 1 saturated heterocycles. The number of fused-ring (bicyclic) bond motifs is 1. The van der Waals surface area contributed by atoms with Gasteiger partial charge < -0.3 is 10.2 Å². The second-order valence-electron chi connectivity index (χ2n) is 6.12. The quantitative estimate of drug-likeness (QED) is 0.897. The first-order chi connectivity index (χ1) is 9.85. The highest BCUT2D eigenvalue weighted by Gasteiger charge is 2.24. The Labute approximate surface area is 127 Å². The lowest BCUT2D eigenvalue weighted by Crippen LogP contribution is -2.40. The van der Waals surface area contributed by atoms with Crippen LogP contribution in [0, 0.1) is 5.92 Å². The lowest BCUT2D eigenvalue weighted by molar-refractivity contribution is 0.217. The molecule has 2 unspecified atom stereocenters. The molecule has 1 aromatic carbocycles. The number of nitrogens with one attached hydrogen (secondary N) is 1. The molecule has 0 saturated carbocycles. The zero-order chi connectivity index (χ0) is 13.8. The smallest absolute Gasteiger partial charge is 0.0263 e. The maximum absolute atomic E-state index is 3.54. The molecule has 0 bridgehead atoms. The van der Waals surface area contributed by atoms with E-state index in [1.54, 1.807) is 5.56 Å². The van der Waals surface area contributed by atoms with Crippen LogP contribution in [0.15, 0.2) is 29.2 Å². The average molecular weight is 290 g/mol. The monoisotopic (exact) mass is 290 g/mol. The third-order valence-corrected chi connectivity index (χ3v) is 5.84. The highest BCUT2D eigenvalue weighted by atomic mass is 32.2. The van der Waals surface area contributed by atoms with Crippen LogP contribution in [-0.2, 0) is 6.42 Å². The van der Waals surface area contributed by atoms with Crippen LogP contribution >= 0.6 is 11.8 Å². The van der Waals surface area contributed by atoms with Crippen molar-refractivity contribution >= 4 is 11.8 Å². The van der Waals surface area contributed by atoms with Crippen molar-refractivity contribution in [1.29, 1.82) is 0 Å². The summed E-state index contributed by atoms with van der Waals surface area (Å²) in [4.78, 5) is 4.18. The van der Waals surface area contributed by atoms with Crippen LogP contribution in [0.3, 0.4) is 0 Å². The van der Waals surface area contributed by atoms with Crippen LogP contribution in [0.25, 0.3) is 0 Å². The second kappa shape index (κ2) is 6.97. The highest BCUT2D eigenvalue weighted by molar-refractivity contribution is 8.00. The van der Waals surface area contributed by atoms with E-state index < -0.39 is 0 Å². The summed E-state index contributed by atoms with van der Waals surface area (Å²) in [6.07, 6.45) is 4.01. The van der Waals surface area contributed by atoms with E-state index in [9.17, 15) is 0 Å². The maximum atomic E-state index is 3.54. The van der Waals surface area contributed by atoms with Gasteiger partial charge in [0, 0.05) is 23.2 Å². The van der Waals surface area contributed by atoms with Crippen molar-refractivity contribution in [1.82, 2.24) is 10.2 Å². The molecule has 3 heteroatoms. The zero-order valence-corrected chi connectivity index (χ0v) is 13.3. The Bertz CT molecular complexity index is 404. The van der Waals surface area contributed by atoms with E-state index in [2.05, 4.69) is 53.2 Å². The molecule has 1 fully saturated rings. The summed E-state index contributed by atoms with van der Waals surface area (Å²) in [5.41, 5.74) is 1.55. The van der Waals surface area contributed by atoms with E-state index in [1.807, 2.05) is 0 Å². The minimum absolute atomic E-state index is 0.754. The fourth-order valence-electron chi connectivity index (χ4n) is 3.42. The van der Waals surface area contributed by atoms with E-state index in [1.165, 1.54) is 56.9 Å². The number of hydrogen-bond donors (Lipinski definition) is 1. The SMILES string of the molecule is CCN(CC1CCCNC1)CC1Cc2ccccc2S1. The Morgan fingerprint density at radius 3 is 2.95 bits per heavy atom. The van der Waals surface area contributed by atoms with Gasteiger partial charge in [-0.15, -0.1) is 11.8 Å².